The second kappa shape index (κ2) is 6.30. The molecule has 1 atom stereocenters. The molecule has 17 heavy (non-hydrogen) atoms. The van der Waals surface area contributed by atoms with Gasteiger partial charge in [0.2, 0.25) is 0 Å². The zero-order chi connectivity index (χ0) is 12.8. The highest BCUT2D eigenvalue weighted by Gasteiger charge is 2.16. The van der Waals surface area contributed by atoms with Gasteiger partial charge in [-0.05, 0) is 19.4 Å². The molecular weight excluding hydrogens is 220 g/mol. The summed E-state index contributed by atoms with van der Waals surface area (Å²) in [4.78, 5) is 11.9. The molecule has 1 heterocycles. The minimum atomic E-state index is -0.361. The smallest absolute Gasteiger partial charge is 0.355 e. The molecule has 0 aliphatic heterocycles. The van der Waals surface area contributed by atoms with E-state index in [4.69, 9.17) is 15.2 Å². The monoisotopic (exact) mass is 240 g/mol. The number of aromatic nitrogens is 1. The van der Waals surface area contributed by atoms with Crippen LogP contribution < -0.4 is 5.73 Å². The van der Waals surface area contributed by atoms with E-state index in [1.54, 1.807) is 26.3 Å². The van der Waals surface area contributed by atoms with Gasteiger partial charge in [0.25, 0.3) is 0 Å². The fourth-order valence-electron chi connectivity index (χ4n) is 1.64. The standard InChI is InChI=1S/C12H20N2O3/c1-4-5-14-7-10(13)6-11(14)12(15)17-9(2)8-16-3/h6-7,9H,4-5,8,13H2,1-3H3. The minimum absolute atomic E-state index is 0.265. The van der Waals surface area contributed by atoms with E-state index in [9.17, 15) is 4.79 Å². The van der Waals surface area contributed by atoms with Gasteiger partial charge in [-0.25, -0.2) is 4.79 Å². The first-order valence-corrected chi connectivity index (χ1v) is 5.74. The molecule has 5 nitrogen and oxygen atoms in total. The van der Waals surface area contributed by atoms with Crippen LogP contribution in [0.5, 0.6) is 0 Å². The first-order valence-electron chi connectivity index (χ1n) is 5.74. The third kappa shape index (κ3) is 3.78. The Hall–Kier alpha value is -1.49. The van der Waals surface area contributed by atoms with Crippen LogP contribution in [0.1, 0.15) is 30.8 Å². The molecule has 0 bridgehead atoms. The average Bonchev–Trinajstić information content (AvgIpc) is 2.60. The summed E-state index contributed by atoms with van der Waals surface area (Å²) in [5.74, 6) is -0.361. The van der Waals surface area contributed by atoms with Gasteiger partial charge in [-0.15, -0.1) is 0 Å². The third-order valence-electron chi connectivity index (χ3n) is 2.30. The first kappa shape index (κ1) is 13.6. The van der Waals surface area contributed by atoms with Crippen LogP contribution in [0, 0.1) is 0 Å². The number of hydrogen-bond donors (Lipinski definition) is 1. The molecule has 5 heteroatoms. The van der Waals surface area contributed by atoms with Gasteiger partial charge in [0.15, 0.2) is 0 Å². The van der Waals surface area contributed by atoms with Crippen LogP contribution in [-0.4, -0.2) is 30.4 Å². The number of nitrogens with two attached hydrogens (primary N) is 1. The molecule has 0 fully saturated rings. The van der Waals surface area contributed by atoms with Crippen LogP contribution in [0.4, 0.5) is 5.69 Å². The summed E-state index contributed by atoms with van der Waals surface area (Å²) in [6.45, 7) is 4.96. The molecule has 0 aromatic carbocycles. The molecule has 0 aliphatic carbocycles. The summed E-state index contributed by atoms with van der Waals surface area (Å²) in [7, 11) is 1.57. The molecular formula is C12H20N2O3. The van der Waals surface area contributed by atoms with Crippen LogP contribution in [0.2, 0.25) is 0 Å². The van der Waals surface area contributed by atoms with Crippen molar-refractivity contribution >= 4 is 11.7 Å². The van der Waals surface area contributed by atoms with E-state index in [2.05, 4.69) is 0 Å². The predicted octanol–water partition coefficient (Wildman–Crippen LogP) is 1.67. The maximum atomic E-state index is 11.9. The van der Waals surface area contributed by atoms with Crippen LogP contribution in [0.15, 0.2) is 12.3 Å². The molecule has 0 aliphatic rings. The highest BCUT2D eigenvalue weighted by molar-refractivity contribution is 5.89. The van der Waals surface area contributed by atoms with Gasteiger partial charge >= 0.3 is 5.97 Å². The maximum absolute atomic E-state index is 11.9. The lowest BCUT2D eigenvalue weighted by molar-refractivity contribution is 0.0110. The fraction of sp³-hybridized carbons (Fsp3) is 0.583. The zero-order valence-electron chi connectivity index (χ0n) is 10.6. The van der Waals surface area contributed by atoms with E-state index >= 15 is 0 Å². The third-order valence-corrected chi connectivity index (χ3v) is 2.30. The van der Waals surface area contributed by atoms with Crippen LogP contribution in [0.25, 0.3) is 0 Å². The normalized spacial score (nSPS) is 12.4. The molecule has 0 radical (unpaired) electrons. The number of nitrogens with zero attached hydrogens (tertiary/aromatic N) is 1. The fourth-order valence-corrected chi connectivity index (χ4v) is 1.64. The Morgan fingerprint density at radius 1 is 1.59 bits per heavy atom. The van der Waals surface area contributed by atoms with E-state index in [1.165, 1.54) is 0 Å². The number of methoxy groups -OCH3 is 1. The molecule has 0 spiro atoms. The quantitative estimate of drug-likeness (QED) is 0.768. The van der Waals surface area contributed by atoms with Crippen molar-refractivity contribution < 1.29 is 14.3 Å². The SMILES string of the molecule is CCCn1cc(N)cc1C(=O)OC(C)COC. The van der Waals surface area contributed by atoms with Crippen molar-refractivity contribution in [2.24, 2.45) is 0 Å². The molecule has 0 saturated carbocycles. The number of ether oxygens (including phenoxy) is 2. The van der Waals surface area contributed by atoms with Crippen molar-refractivity contribution in [3.05, 3.63) is 18.0 Å². The van der Waals surface area contributed by atoms with Gasteiger partial charge in [-0.2, -0.15) is 0 Å². The summed E-state index contributed by atoms with van der Waals surface area (Å²) < 4.78 is 12.0. The predicted molar refractivity (Wildman–Crippen MR) is 65.9 cm³/mol. The van der Waals surface area contributed by atoms with Crippen molar-refractivity contribution in [1.29, 1.82) is 0 Å². The van der Waals surface area contributed by atoms with E-state index < -0.39 is 0 Å². The number of aryl methyl sites for hydroxylation is 1. The molecule has 0 amide bonds. The van der Waals surface area contributed by atoms with Crippen molar-refractivity contribution in [2.45, 2.75) is 32.9 Å². The summed E-state index contributed by atoms with van der Waals surface area (Å²) in [5.41, 5.74) is 6.75. The summed E-state index contributed by atoms with van der Waals surface area (Å²) >= 11 is 0. The largest absolute Gasteiger partial charge is 0.456 e. The van der Waals surface area contributed by atoms with Gasteiger partial charge < -0.3 is 19.8 Å². The highest BCUT2D eigenvalue weighted by atomic mass is 16.6. The van der Waals surface area contributed by atoms with E-state index in [1.807, 2.05) is 11.5 Å². The average molecular weight is 240 g/mol. The summed E-state index contributed by atoms with van der Waals surface area (Å²) in [6, 6.07) is 1.64. The van der Waals surface area contributed by atoms with Crippen molar-refractivity contribution in [3.63, 3.8) is 0 Å². The van der Waals surface area contributed by atoms with Crippen molar-refractivity contribution in [3.8, 4) is 0 Å². The number of esters is 1. The van der Waals surface area contributed by atoms with Crippen molar-refractivity contribution in [2.75, 3.05) is 19.5 Å². The van der Waals surface area contributed by atoms with Crippen LogP contribution in [0.3, 0.4) is 0 Å². The Balaban J connectivity index is 2.73. The van der Waals surface area contributed by atoms with Crippen LogP contribution in [-0.2, 0) is 16.0 Å². The Labute approximate surface area is 101 Å². The Morgan fingerprint density at radius 2 is 2.29 bits per heavy atom. The number of rotatable bonds is 6. The lowest BCUT2D eigenvalue weighted by Crippen LogP contribution is -2.21. The first-order chi connectivity index (χ1) is 8.08. The molecule has 1 aromatic rings. The van der Waals surface area contributed by atoms with Gasteiger partial charge in [-0.3, -0.25) is 0 Å². The summed E-state index contributed by atoms with van der Waals surface area (Å²) in [5, 5.41) is 0. The number of carbonyl (C=O) groups excluding carboxylic acids is 1. The zero-order valence-corrected chi connectivity index (χ0v) is 10.6. The lowest BCUT2D eigenvalue weighted by atomic mass is 10.3. The number of carbonyl (C=O) groups is 1. The van der Waals surface area contributed by atoms with Gasteiger partial charge in [-0.1, -0.05) is 6.92 Å². The molecule has 2 N–H and O–H groups in total. The molecule has 1 rings (SSSR count). The van der Waals surface area contributed by atoms with E-state index in [0.29, 0.717) is 18.0 Å². The Morgan fingerprint density at radius 3 is 2.88 bits per heavy atom. The highest BCUT2D eigenvalue weighted by Crippen LogP contribution is 2.13. The summed E-state index contributed by atoms with van der Waals surface area (Å²) in [6.07, 6.45) is 2.42. The van der Waals surface area contributed by atoms with E-state index in [0.717, 1.165) is 13.0 Å². The van der Waals surface area contributed by atoms with Crippen molar-refractivity contribution in [1.82, 2.24) is 4.57 Å². The van der Waals surface area contributed by atoms with Gasteiger partial charge in [0, 0.05) is 19.9 Å². The Kier molecular flexibility index (Phi) is 5.03. The number of nitrogen functional groups attached to an aromatic ring is 1. The molecule has 96 valence electrons. The Bertz CT molecular complexity index is 374. The van der Waals surface area contributed by atoms with Gasteiger partial charge in [0.1, 0.15) is 11.8 Å². The number of hydrogen-bond acceptors (Lipinski definition) is 4. The lowest BCUT2D eigenvalue weighted by Gasteiger charge is -2.13. The molecule has 0 saturated heterocycles. The maximum Gasteiger partial charge on any atom is 0.355 e. The van der Waals surface area contributed by atoms with Crippen LogP contribution >= 0.6 is 0 Å². The minimum Gasteiger partial charge on any atom is -0.456 e. The van der Waals surface area contributed by atoms with E-state index in [-0.39, 0.29) is 12.1 Å². The van der Waals surface area contributed by atoms with Gasteiger partial charge in [0.05, 0.1) is 12.3 Å². The topological polar surface area (TPSA) is 66.5 Å². The number of anilines is 1. The second-order valence-electron chi connectivity index (χ2n) is 4.02. The molecule has 1 aromatic heterocycles. The molecule has 1 unspecified atom stereocenters. The second-order valence-corrected chi connectivity index (χ2v) is 4.02.